The van der Waals surface area contributed by atoms with Crippen LogP contribution >= 0.6 is 23.2 Å². The van der Waals surface area contributed by atoms with Gasteiger partial charge in [-0.1, -0.05) is 29.3 Å². The molecule has 4 heteroatoms. The summed E-state index contributed by atoms with van der Waals surface area (Å²) < 4.78 is 0. The molecule has 0 fully saturated rings. The number of anilines is 3. The molecule has 0 atom stereocenters. The quantitative estimate of drug-likeness (QED) is 0.778. The molecule has 0 amide bonds. The molecular weight excluding hydrogens is 255 g/mol. The second-order valence-electron chi connectivity index (χ2n) is 3.87. The fraction of sp³-hybridized carbons (Fsp3) is 0.0769. The van der Waals surface area contributed by atoms with Crippen molar-refractivity contribution >= 4 is 40.3 Å². The number of nitrogens with one attached hydrogen (secondary N) is 1. The highest BCUT2D eigenvalue weighted by Gasteiger charge is 2.02. The Morgan fingerprint density at radius 1 is 1.00 bits per heavy atom. The maximum Gasteiger partial charge on any atom is 0.0618 e. The van der Waals surface area contributed by atoms with E-state index in [2.05, 4.69) is 5.32 Å². The van der Waals surface area contributed by atoms with Gasteiger partial charge >= 0.3 is 0 Å². The Morgan fingerprint density at radius 2 is 1.65 bits per heavy atom. The van der Waals surface area contributed by atoms with E-state index in [1.165, 1.54) is 0 Å². The molecule has 0 radical (unpaired) electrons. The van der Waals surface area contributed by atoms with Gasteiger partial charge in [0.2, 0.25) is 0 Å². The van der Waals surface area contributed by atoms with Gasteiger partial charge in [0, 0.05) is 15.7 Å². The number of hydrogen-bond donors (Lipinski definition) is 2. The molecule has 0 unspecified atom stereocenters. The summed E-state index contributed by atoms with van der Waals surface area (Å²) in [7, 11) is 0. The van der Waals surface area contributed by atoms with E-state index in [0.29, 0.717) is 15.7 Å². The van der Waals surface area contributed by atoms with Crippen molar-refractivity contribution in [1.29, 1.82) is 0 Å². The third-order valence-electron chi connectivity index (χ3n) is 2.35. The Kier molecular flexibility index (Phi) is 3.46. The largest absolute Gasteiger partial charge is 0.397 e. The van der Waals surface area contributed by atoms with Crippen molar-refractivity contribution in [1.82, 2.24) is 0 Å². The first-order valence-corrected chi connectivity index (χ1v) is 5.89. The molecule has 0 spiro atoms. The predicted molar refractivity (Wildman–Crippen MR) is 75.3 cm³/mol. The van der Waals surface area contributed by atoms with Gasteiger partial charge in [-0.3, -0.25) is 0 Å². The van der Waals surface area contributed by atoms with Crippen LogP contribution in [-0.2, 0) is 0 Å². The maximum absolute atomic E-state index is 5.93. The highest BCUT2D eigenvalue weighted by molar-refractivity contribution is 6.35. The zero-order valence-electron chi connectivity index (χ0n) is 9.30. The van der Waals surface area contributed by atoms with Gasteiger partial charge in [-0.2, -0.15) is 0 Å². The number of hydrogen-bond acceptors (Lipinski definition) is 2. The lowest BCUT2D eigenvalue weighted by atomic mass is 10.2. The fourth-order valence-electron chi connectivity index (χ4n) is 1.58. The first kappa shape index (κ1) is 12.1. The van der Waals surface area contributed by atoms with E-state index < -0.39 is 0 Å². The molecule has 2 rings (SSSR count). The standard InChI is InChI=1S/C13H12Cl2N2/c1-8-2-3-13(12(16)4-8)17-11-6-9(14)5-10(15)7-11/h2-7,17H,16H2,1H3. The van der Waals surface area contributed by atoms with Crippen LogP contribution < -0.4 is 11.1 Å². The number of aryl methyl sites for hydroxylation is 1. The second kappa shape index (κ2) is 4.86. The topological polar surface area (TPSA) is 38.0 Å². The highest BCUT2D eigenvalue weighted by Crippen LogP contribution is 2.28. The van der Waals surface area contributed by atoms with Crippen LogP contribution in [0.3, 0.4) is 0 Å². The first-order valence-electron chi connectivity index (χ1n) is 5.14. The van der Waals surface area contributed by atoms with Gasteiger partial charge in [0.05, 0.1) is 11.4 Å². The summed E-state index contributed by atoms with van der Waals surface area (Å²) in [5, 5.41) is 4.36. The summed E-state index contributed by atoms with van der Waals surface area (Å²) in [4.78, 5) is 0. The average molecular weight is 267 g/mol. The minimum atomic E-state index is 0.589. The van der Waals surface area contributed by atoms with Gasteiger partial charge in [-0.15, -0.1) is 0 Å². The van der Waals surface area contributed by atoms with Gasteiger partial charge in [0.15, 0.2) is 0 Å². The lowest BCUT2D eigenvalue weighted by Gasteiger charge is -2.10. The molecule has 0 saturated heterocycles. The third-order valence-corrected chi connectivity index (χ3v) is 2.79. The summed E-state index contributed by atoms with van der Waals surface area (Å²) in [5.41, 5.74) is 9.39. The zero-order valence-corrected chi connectivity index (χ0v) is 10.8. The molecule has 17 heavy (non-hydrogen) atoms. The molecule has 3 N–H and O–H groups in total. The van der Waals surface area contributed by atoms with Crippen molar-refractivity contribution in [2.24, 2.45) is 0 Å². The summed E-state index contributed by atoms with van der Waals surface area (Å²) in [6.45, 7) is 2.00. The molecule has 0 saturated carbocycles. The van der Waals surface area contributed by atoms with Crippen molar-refractivity contribution in [2.75, 3.05) is 11.1 Å². The smallest absolute Gasteiger partial charge is 0.0618 e. The Bertz CT molecular complexity index is 533. The molecule has 2 aromatic rings. The molecule has 0 aliphatic carbocycles. The van der Waals surface area contributed by atoms with E-state index in [0.717, 1.165) is 16.9 Å². The van der Waals surface area contributed by atoms with Crippen LogP contribution in [0.4, 0.5) is 17.1 Å². The summed E-state index contributed by atoms with van der Waals surface area (Å²) in [6.07, 6.45) is 0. The van der Waals surface area contributed by atoms with Crippen LogP contribution in [0.2, 0.25) is 10.0 Å². The molecule has 88 valence electrons. The van der Waals surface area contributed by atoms with Crippen LogP contribution in [-0.4, -0.2) is 0 Å². The van der Waals surface area contributed by atoms with E-state index in [1.807, 2.05) is 25.1 Å². The van der Waals surface area contributed by atoms with Crippen molar-refractivity contribution in [3.05, 3.63) is 52.0 Å². The number of nitrogens with two attached hydrogens (primary N) is 1. The SMILES string of the molecule is Cc1ccc(Nc2cc(Cl)cc(Cl)c2)c(N)c1. The van der Waals surface area contributed by atoms with Crippen molar-refractivity contribution in [3.8, 4) is 0 Å². The summed E-state index contributed by atoms with van der Waals surface area (Å²) in [6, 6.07) is 11.1. The number of halogens is 2. The summed E-state index contributed by atoms with van der Waals surface area (Å²) in [5.74, 6) is 0. The van der Waals surface area contributed by atoms with Crippen LogP contribution in [0, 0.1) is 6.92 Å². The third kappa shape index (κ3) is 3.05. The van der Waals surface area contributed by atoms with Crippen molar-refractivity contribution < 1.29 is 0 Å². The number of benzene rings is 2. The van der Waals surface area contributed by atoms with Crippen LogP contribution in [0.5, 0.6) is 0 Å². The number of nitrogen functional groups attached to an aromatic ring is 1. The lowest BCUT2D eigenvalue weighted by Crippen LogP contribution is -1.96. The first-order chi connectivity index (χ1) is 8.04. The van der Waals surface area contributed by atoms with Crippen molar-refractivity contribution in [3.63, 3.8) is 0 Å². The molecule has 0 bridgehead atoms. The predicted octanol–water partition coefficient (Wildman–Crippen LogP) is 4.63. The van der Waals surface area contributed by atoms with E-state index >= 15 is 0 Å². The van der Waals surface area contributed by atoms with E-state index in [1.54, 1.807) is 18.2 Å². The van der Waals surface area contributed by atoms with Crippen LogP contribution in [0.25, 0.3) is 0 Å². The molecular formula is C13H12Cl2N2. The molecule has 0 heterocycles. The Morgan fingerprint density at radius 3 is 2.24 bits per heavy atom. The maximum atomic E-state index is 5.93. The lowest BCUT2D eigenvalue weighted by molar-refractivity contribution is 1.45. The molecule has 2 aromatic carbocycles. The molecule has 0 aromatic heterocycles. The highest BCUT2D eigenvalue weighted by atomic mass is 35.5. The van der Waals surface area contributed by atoms with Gasteiger partial charge in [0.25, 0.3) is 0 Å². The Balaban J connectivity index is 2.31. The normalized spacial score (nSPS) is 10.3. The van der Waals surface area contributed by atoms with Crippen LogP contribution in [0.15, 0.2) is 36.4 Å². The molecule has 2 nitrogen and oxygen atoms in total. The van der Waals surface area contributed by atoms with Gasteiger partial charge in [-0.05, 0) is 42.8 Å². The minimum Gasteiger partial charge on any atom is -0.397 e. The van der Waals surface area contributed by atoms with E-state index in [9.17, 15) is 0 Å². The fourth-order valence-corrected chi connectivity index (χ4v) is 2.10. The zero-order chi connectivity index (χ0) is 12.4. The molecule has 0 aliphatic rings. The van der Waals surface area contributed by atoms with Crippen LogP contribution in [0.1, 0.15) is 5.56 Å². The monoisotopic (exact) mass is 266 g/mol. The van der Waals surface area contributed by atoms with Crippen molar-refractivity contribution in [2.45, 2.75) is 6.92 Å². The minimum absolute atomic E-state index is 0.589. The average Bonchev–Trinajstić information content (AvgIpc) is 2.21. The van der Waals surface area contributed by atoms with E-state index in [4.69, 9.17) is 28.9 Å². The van der Waals surface area contributed by atoms with Gasteiger partial charge < -0.3 is 11.1 Å². The molecule has 0 aliphatic heterocycles. The van der Waals surface area contributed by atoms with Gasteiger partial charge in [-0.25, -0.2) is 0 Å². The Labute approximate surface area is 110 Å². The van der Waals surface area contributed by atoms with E-state index in [-0.39, 0.29) is 0 Å². The van der Waals surface area contributed by atoms with Gasteiger partial charge in [0.1, 0.15) is 0 Å². The summed E-state index contributed by atoms with van der Waals surface area (Å²) >= 11 is 11.9. The Hall–Kier alpha value is -1.38. The number of rotatable bonds is 2. The second-order valence-corrected chi connectivity index (χ2v) is 4.75.